The number of anilines is 1. The number of benzene rings is 1. The van der Waals surface area contributed by atoms with Crippen molar-refractivity contribution in [1.29, 1.82) is 0 Å². The van der Waals surface area contributed by atoms with E-state index in [9.17, 15) is 18.8 Å². The van der Waals surface area contributed by atoms with E-state index < -0.39 is 0 Å². The van der Waals surface area contributed by atoms with Gasteiger partial charge in [-0.25, -0.2) is 9.18 Å². The maximum atomic E-state index is 13.0. The second-order valence-electron chi connectivity index (χ2n) is 5.28. The summed E-state index contributed by atoms with van der Waals surface area (Å²) < 4.78 is 13.0. The third-order valence-corrected chi connectivity index (χ3v) is 3.48. The molecule has 1 aliphatic rings. The van der Waals surface area contributed by atoms with Crippen LogP contribution in [0, 0.1) is 11.7 Å². The van der Waals surface area contributed by atoms with Crippen LogP contribution in [0.25, 0.3) is 0 Å². The normalized spacial score (nSPS) is 13.2. The van der Waals surface area contributed by atoms with Crippen molar-refractivity contribution in [1.82, 2.24) is 4.90 Å². The lowest BCUT2D eigenvalue weighted by Gasteiger charge is -2.26. The largest absolute Gasteiger partial charge is 0.328 e. The van der Waals surface area contributed by atoms with Gasteiger partial charge in [0.25, 0.3) is 0 Å². The van der Waals surface area contributed by atoms with Gasteiger partial charge in [-0.05, 0) is 43.0 Å². The highest BCUT2D eigenvalue weighted by molar-refractivity contribution is 6.00. The molecule has 0 radical (unpaired) electrons. The highest BCUT2D eigenvalue weighted by Gasteiger charge is 2.28. The number of halogens is 1. The predicted molar refractivity (Wildman–Crippen MR) is 79.8 cm³/mol. The summed E-state index contributed by atoms with van der Waals surface area (Å²) in [7, 11) is 1.56. The number of carbonyl (C=O) groups is 3. The van der Waals surface area contributed by atoms with Gasteiger partial charge in [-0.15, -0.1) is 0 Å². The molecule has 0 aliphatic heterocycles. The summed E-state index contributed by atoms with van der Waals surface area (Å²) in [5, 5.41) is 0. The molecular weight excluding hydrogens is 287 g/mol. The fourth-order valence-corrected chi connectivity index (χ4v) is 2.00. The Morgan fingerprint density at radius 1 is 1.23 bits per heavy atom. The van der Waals surface area contributed by atoms with Gasteiger partial charge in [0.05, 0.1) is 5.57 Å². The Labute approximate surface area is 128 Å². The van der Waals surface area contributed by atoms with Crippen LogP contribution >= 0.6 is 0 Å². The lowest BCUT2D eigenvalue weighted by atomic mass is 10.3. The van der Waals surface area contributed by atoms with Crippen LogP contribution in [0.5, 0.6) is 0 Å². The number of hydrogen-bond acceptors (Lipinski definition) is 3. The van der Waals surface area contributed by atoms with E-state index in [1.54, 1.807) is 7.05 Å². The summed E-state index contributed by atoms with van der Waals surface area (Å²) in [6, 6.07) is 5.14. The molecule has 1 saturated carbocycles. The molecule has 0 heterocycles. The van der Waals surface area contributed by atoms with Crippen molar-refractivity contribution in [3.05, 3.63) is 41.9 Å². The second kappa shape index (κ2) is 6.98. The number of amides is 2. The van der Waals surface area contributed by atoms with Crippen LogP contribution in [0.2, 0.25) is 0 Å². The molecule has 1 aromatic rings. The van der Waals surface area contributed by atoms with Gasteiger partial charge in [0, 0.05) is 25.5 Å². The highest BCUT2D eigenvalue weighted by Crippen LogP contribution is 2.30. The van der Waals surface area contributed by atoms with Gasteiger partial charge >= 0.3 is 6.03 Å². The van der Waals surface area contributed by atoms with Crippen molar-refractivity contribution < 1.29 is 18.8 Å². The summed E-state index contributed by atoms with van der Waals surface area (Å²) in [4.78, 5) is 36.8. The average molecular weight is 304 g/mol. The van der Waals surface area contributed by atoms with Crippen molar-refractivity contribution in [3.8, 4) is 0 Å². The van der Waals surface area contributed by atoms with Gasteiger partial charge < -0.3 is 0 Å². The summed E-state index contributed by atoms with van der Waals surface area (Å²) in [5.41, 5.74) is 0.431. The Balaban J connectivity index is 2.19. The Morgan fingerprint density at radius 3 is 2.32 bits per heavy atom. The lowest BCUT2D eigenvalue weighted by molar-refractivity contribution is -0.109. The molecule has 0 aromatic heterocycles. The first-order valence-corrected chi connectivity index (χ1v) is 6.97. The van der Waals surface area contributed by atoms with E-state index in [2.05, 4.69) is 0 Å². The molecule has 0 unspecified atom stereocenters. The molecule has 0 N–H and O–H groups in total. The molecule has 1 fully saturated rings. The fraction of sp³-hybridized carbons (Fsp3) is 0.312. The van der Waals surface area contributed by atoms with Gasteiger partial charge in [0.2, 0.25) is 0 Å². The van der Waals surface area contributed by atoms with Gasteiger partial charge in [0.1, 0.15) is 5.82 Å². The molecule has 22 heavy (non-hydrogen) atoms. The van der Waals surface area contributed by atoms with Crippen molar-refractivity contribution in [3.63, 3.8) is 0 Å². The van der Waals surface area contributed by atoms with Crippen LogP contribution < -0.4 is 4.90 Å². The third-order valence-electron chi connectivity index (χ3n) is 3.48. The topological polar surface area (TPSA) is 57.7 Å². The summed E-state index contributed by atoms with van der Waals surface area (Å²) in [6.07, 6.45) is 4.14. The van der Waals surface area contributed by atoms with E-state index in [0.29, 0.717) is 30.7 Å². The van der Waals surface area contributed by atoms with Crippen molar-refractivity contribution in [2.45, 2.75) is 12.8 Å². The number of allylic oxidation sites excluding steroid dienone is 1. The zero-order chi connectivity index (χ0) is 16.1. The minimum atomic E-state index is -0.386. The smallest absolute Gasteiger partial charge is 0.300 e. The van der Waals surface area contributed by atoms with Gasteiger partial charge in [0.15, 0.2) is 12.6 Å². The van der Waals surface area contributed by atoms with Crippen LogP contribution in [0.1, 0.15) is 12.8 Å². The van der Waals surface area contributed by atoms with Gasteiger partial charge in [-0.3, -0.25) is 19.4 Å². The Hall–Kier alpha value is -2.50. The SMILES string of the molecule is CN(C(=O)N(C=C(C=O)C=O)CC1CC1)c1ccc(F)cc1. The second-order valence-corrected chi connectivity index (χ2v) is 5.28. The number of aldehydes is 2. The zero-order valence-corrected chi connectivity index (χ0v) is 12.2. The maximum Gasteiger partial charge on any atom is 0.328 e. The van der Waals surface area contributed by atoms with E-state index in [1.807, 2.05) is 0 Å². The van der Waals surface area contributed by atoms with Crippen LogP contribution in [-0.2, 0) is 9.59 Å². The quantitative estimate of drug-likeness (QED) is 0.351. The van der Waals surface area contributed by atoms with E-state index in [1.165, 1.54) is 40.3 Å². The van der Waals surface area contributed by atoms with Crippen LogP contribution in [0.15, 0.2) is 36.0 Å². The van der Waals surface area contributed by atoms with Crippen molar-refractivity contribution in [2.75, 3.05) is 18.5 Å². The molecular formula is C16H17FN2O3. The Bertz CT molecular complexity index is 584. The monoisotopic (exact) mass is 304 g/mol. The number of urea groups is 1. The Morgan fingerprint density at radius 2 is 1.82 bits per heavy atom. The number of hydrogen-bond donors (Lipinski definition) is 0. The fourth-order valence-electron chi connectivity index (χ4n) is 2.00. The molecule has 116 valence electrons. The molecule has 0 saturated heterocycles. The summed E-state index contributed by atoms with van der Waals surface area (Å²) in [6.45, 7) is 0.454. The van der Waals surface area contributed by atoms with E-state index in [0.717, 1.165) is 12.8 Å². The number of carbonyl (C=O) groups excluding carboxylic acids is 3. The zero-order valence-electron chi connectivity index (χ0n) is 12.2. The molecule has 2 amide bonds. The van der Waals surface area contributed by atoms with Crippen LogP contribution in [0.3, 0.4) is 0 Å². The summed E-state index contributed by atoms with van der Waals surface area (Å²) >= 11 is 0. The van der Waals surface area contributed by atoms with E-state index >= 15 is 0 Å². The summed E-state index contributed by atoms with van der Waals surface area (Å²) in [5.74, 6) is 0.00454. The van der Waals surface area contributed by atoms with Crippen LogP contribution in [-0.4, -0.2) is 37.1 Å². The van der Waals surface area contributed by atoms with E-state index in [-0.39, 0.29) is 17.4 Å². The van der Waals surface area contributed by atoms with E-state index in [4.69, 9.17) is 0 Å². The Kier molecular flexibility index (Phi) is 5.04. The van der Waals surface area contributed by atoms with Crippen LogP contribution in [0.4, 0.5) is 14.9 Å². The average Bonchev–Trinajstić information content (AvgIpc) is 3.34. The van der Waals surface area contributed by atoms with Crippen molar-refractivity contribution >= 4 is 24.3 Å². The number of rotatable bonds is 6. The first-order chi connectivity index (χ1) is 10.5. The first kappa shape index (κ1) is 15.9. The minimum absolute atomic E-state index is 0.0958. The predicted octanol–water partition coefficient (Wildman–Crippen LogP) is 2.38. The maximum absolute atomic E-state index is 13.0. The molecule has 0 bridgehead atoms. The van der Waals surface area contributed by atoms with Crippen molar-refractivity contribution in [2.24, 2.45) is 5.92 Å². The highest BCUT2D eigenvalue weighted by atomic mass is 19.1. The molecule has 6 heteroatoms. The standard InChI is InChI=1S/C16H17FN2O3/c1-18(15-6-4-14(17)5-7-15)16(22)19(8-12-2-3-12)9-13(10-20)11-21/h4-7,9-12H,2-3,8H2,1H3. The molecule has 0 spiro atoms. The number of nitrogens with zero attached hydrogens (tertiary/aromatic N) is 2. The first-order valence-electron chi connectivity index (χ1n) is 6.97. The molecule has 0 atom stereocenters. The molecule has 1 aromatic carbocycles. The molecule has 2 rings (SSSR count). The molecule has 5 nitrogen and oxygen atoms in total. The lowest BCUT2D eigenvalue weighted by Crippen LogP contribution is -2.39. The third kappa shape index (κ3) is 4.00. The molecule has 1 aliphatic carbocycles. The minimum Gasteiger partial charge on any atom is -0.300 e. The van der Waals surface area contributed by atoms with Gasteiger partial charge in [-0.2, -0.15) is 0 Å². The van der Waals surface area contributed by atoms with Gasteiger partial charge in [-0.1, -0.05) is 0 Å².